The Bertz CT molecular complexity index is 1670. The van der Waals surface area contributed by atoms with E-state index in [0.717, 1.165) is 48.1 Å². The Hall–Kier alpha value is -3.72. The van der Waals surface area contributed by atoms with Gasteiger partial charge in [0.1, 0.15) is 0 Å². The molecule has 2 amide bonds. The van der Waals surface area contributed by atoms with Gasteiger partial charge in [0.05, 0.1) is 11.0 Å². The minimum absolute atomic E-state index is 0.0290. The summed E-state index contributed by atoms with van der Waals surface area (Å²) in [6.45, 7) is 11.3. The molecule has 0 unspecified atom stereocenters. The van der Waals surface area contributed by atoms with Crippen LogP contribution in [0.15, 0.2) is 47.3 Å². The lowest BCUT2D eigenvalue weighted by atomic mass is 9.95. The molecule has 1 heterocycles. The Balaban J connectivity index is 1.74. The molecule has 0 atom stereocenters. The van der Waals surface area contributed by atoms with Gasteiger partial charge in [-0.25, -0.2) is 8.42 Å². The maximum absolute atomic E-state index is 13.7. The minimum Gasteiger partial charge on any atom is -0.348 e. The van der Waals surface area contributed by atoms with Gasteiger partial charge in [0.25, 0.3) is 11.5 Å². The van der Waals surface area contributed by atoms with Crippen molar-refractivity contribution in [3.63, 3.8) is 0 Å². The predicted octanol–water partition coefficient (Wildman–Crippen LogP) is 5.76. The van der Waals surface area contributed by atoms with Gasteiger partial charge < -0.3 is 15.2 Å². The van der Waals surface area contributed by atoms with E-state index >= 15 is 0 Å². The summed E-state index contributed by atoms with van der Waals surface area (Å²) in [5, 5.41) is 2.45. The number of aryl methyl sites for hydroxylation is 2. The Morgan fingerprint density at radius 2 is 1.65 bits per heavy atom. The van der Waals surface area contributed by atoms with Crippen LogP contribution in [-0.2, 0) is 26.9 Å². The molecule has 0 saturated heterocycles. The average Bonchev–Trinajstić information content (AvgIpc) is 3.49. The normalized spacial score (nSPS) is 13.8. The number of nitrogens with one attached hydrogen (secondary N) is 2. The van der Waals surface area contributed by atoms with Crippen molar-refractivity contribution in [1.82, 2.24) is 10.3 Å². The summed E-state index contributed by atoms with van der Waals surface area (Å²) < 4.78 is 24.9. The number of nitrogens with zero attached hydrogens (tertiary/aromatic N) is 1. The molecule has 1 aromatic heterocycles. The maximum atomic E-state index is 13.7. The quantitative estimate of drug-likeness (QED) is 0.305. The van der Waals surface area contributed by atoms with E-state index in [2.05, 4.69) is 10.3 Å². The highest BCUT2D eigenvalue weighted by molar-refractivity contribution is 7.91. The molecule has 0 bridgehead atoms. The Kier molecular flexibility index (Phi) is 9.95. The van der Waals surface area contributed by atoms with Crippen LogP contribution in [0.1, 0.15) is 84.8 Å². The summed E-state index contributed by atoms with van der Waals surface area (Å²) in [6.07, 6.45) is 3.81. The number of carbonyl (C=O) groups is 2. The lowest BCUT2D eigenvalue weighted by Crippen LogP contribution is -2.36. The van der Waals surface area contributed by atoms with Crippen molar-refractivity contribution >= 4 is 27.3 Å². The second-order valence-electron chi connectivity index (χ2n) is 11.9. The zero-order valence-electron chi connectivity index (χ0n) is 26.0. The van der Waals surface area contributed by atoms with Crippen LogP contribution >= 0.6 is 0 Å². The van der Waals surface area contributed by atoms with Crippen LogP contribution in [-0.4, -0.2) is 37.0 Å². The van der Waals surface area contributed by atoms with E-state index in [1.54, 1.807) is 36.9 Å². The van der Waals surface area contributed by atoms with Crippen molar-refractivity contribution in [3.05, 3.63) is 86.3 Å². The molecule has 0 radical (unpaired) electrons. The number of anilines is 1. The second kappa shape index (κ2) is 13.3. The smallest absolute Gasteiger partial charge is 0.253 e. The number of benzene rings is 2. The van der Waals surface area contributed by atoms with E-state index < -0.39 is 15.1 Å². The standard InChI is InChI=1S/C34H43N3O5S/c1-7-37(34(40)27-10-8-9-11-27)31-18-28(26-14-12-25(13-15-26)20-43(41,42)21(2)3)17-29(24(31)6)32(38)35-19-30-22(4)16-23(5)36-33(30)39/h12-18,21,27H,7-11,19-20H2,1-6H3,(H,35,38)(H,36,39). The van der Waals surface area contributed by atoms with E-state index in [-0.39, 0.29) is 35.6 Å². The molecular formula is C34H43N3O5S. The largest absolute Gasteiger partial charge is 0.348 e. The van der Waals surface area contributed by atoms with Gasteiger partial charge in [0.2, 0.25) is 5.91 Å². The number of aromatic nitrogens is 1. The SMILES string of the molecule is CCN(C(=O)C1CCCC1)c1cc(-c2ccc(CS(=O)(=O)C(C)C)cc2)cc(C(=O)NCc2c(C)cc(C)[nH]c2=O)c1C. The van der Waals surface area contributed by atoms with Crippen LogP contribution in [0, 0.1) is 26.7 Å². The molecule has 9 heteroatoms. The highest BCUT2D eigenvalue weighted by Crippen LogP contribution is 2.35. The van der Waals surface area contributed by atoms with Gasteiger partial charge in [0.15, 0.2) is 9.84 Å². The molecule has 8 nitrogen and oxygen atoms in total. The van der Waals surface area contributed by atoms with Crippen molar-refractivity contribution in [2.75, 3.05) is 11.4 Å². The first-order valence-corrected chi connectivity index (χ1v) is 16.8. The zero-order chi connectivity index (χ0) is 31.5. The van der Waals surface area contributed by atoms with Crippen molar-refractivity contribution in [2.24, 2.45) is 5.92 Å². The first-order chi connectivity index (χ1) is 20.3. The van der Waals surface area contributed by atoms with E-state index in [4.69, 9.17) is 0 Å². The van der Waals surface area contributed by atoms with Crippen molar-refractivity contribution in [3.8, 4) is 11.1 Å². The van der Waals surface area contributed by atoms with Crippen LogP contribution in [0.25, 0.3) is 11.1 Å². The van der Waals surface area contributed by atoms with Crippen LogP contribution in [0.3, 0.4) is 0 Å². The van der Waals surface area contributed by atoms with Crippen molar-refractivity contribution in [2.45, 2.75) is 84.8 Å². The van der Waals surface area contributed by atoms with Gasteiger partial charge in [-0.3, -0.25) is 14.4 Å². The van der Waals surface area contributed by atoms with E-state index in [1.807, 2.05) is 52.0 Å². The van der Waals surface area contributed by atoms with E-state index in [1.165, 1.54) is 0 Å². The molecule has 1 aliphatic carbocycles. The maximum Gasteiger partial charge on any atom is 0.253 e. The third kappa shape index (κ3) is 7.26. The van der Waals surface area contributed by atoms with Gasteiger partial charge in [-0.05, 0) is 100 Å². The van der Waals surface area contributed by atoms with E-state index in [0.29, 0.717) is 34.5 Å². The fraction of sp³-hybridized carbons (Fsp3) is 0.441. The van der Waals surface area contributed by atoms with Gasteiger partial charge >= 0.3 is 0 Å². The summed E-state index contributed by atoms with van der Waals surface area (Å²) in [5.41, 5.74) is 5.82. The van der Waals surface area contributed by atoms with Crippen LogP contribution in [0.5, 0.6) is 0 Å². The summed E-state index contributed by atoms with van der Waals surface area (Å²) in [7, 11) is -3.25. The van der Waals surface area contributed by atoms with Crippen LogP contribution in [0.4, 0.5) is 5.69 Å². The number of carbonyl (C=O) groups excluding carboxylic acids is 2. The molecule has 1 saturated carbocycles. The van der Waals surface area contributed by atoms with Gasteiger partial charge in [-0.15, -0.1) is 0 Å². The average molecular weight is 606 g/mol. The molecule has 4 rings (SSSR count). The van der Waals surface area contributed by atoms with Crippen LogP contribution < -0.4 is 15.8 Å². The summed E-state index contributed by atoms with van der Waals surface area (Å²) in [5.74, 6) is -0.347. The van der Waals surface area contributed by atoms with E-state index in [9.17, 15) is 22.8 Å². The molecule has 3 aromatic rings. The number of hydrogen-bond acceptors (Lipinski definition) is 5. The molecule has 1 aliphatic rings. The predicted molar refractivity (Wildman–Crippen MR) is 172 cm³/mol. The molecule has 1 fully saturated rings. The number of amides is 2. The summed E-state index contributed by atoms with van der Waals surface area (Å²) in [4.78, 5) is 44.5. The fourth-order valence-corrected chi connectivity index (χ4v) is 6.77. The highest BCUT2D eigenvalue weighted by Gasteiger charge is 2.29. The third-order valence-corrected chi connectivity index (χ3v) is 10.7. The lowest BCUT2D eigenvalue weighted by Gasteiger charge is -2.28. The fourth-order valence-electron chi connectivity index (χ4n) is 5.78. The van der Waals surface area contributed by atoms with Gasteiger partial charge in [0, 0.05) is 41.5 Å². The first-order valence-electron chi connectivity index (χ1n) is 15.1. The number of pyridine rings is 1. The first kappa shape index (κ1) is 32.2. The molecule has 0 spiro atoms. The van der Waals surface area contributed by atoms with Crippen molar-refractivity contribution < 1.29 is 18.0 Å². The molecule has 0 aliphatic heterocycles. The second-order valence-corrected chi connectivity index (χ2v) is 14.5. The lowest BCUT2D eigenvalue weighted by molar-refractivity contribution is -0.122. The van der Waals surface area contributed by atoms with Crippen LogP contribution in [0.2, 0.25) is 0 Å². The van der Waals surface area contributed by atoms with Crippen molar-refractivity contribution in [1.29, 1.82) is 0 Å². The summed E-state index contributed by atoms with van der Waals surface area (Å²) >= 11 is 0. The molecule has 43 heavy (non-hydrogen) atoms. The number of rotatable bonds is 10. The zero-order valence-corrected chi connectivity index (χ0v) is 26.9. The van der Waals surface area contributed by atoms with Gasteiger partial charge in [-0.1, -0.05) is 37.1 Å². The topological polar surface area (TPSA) is 116 Å². The third-order valence-electron chi connectivity index (χ3n) is 8.50. The minimum atomic E-state index is -3.25. The molecule has 230 valence electrons. The Morgan fingerprint density at radius 3 is 2.23 bits per heavy atom. The Morgan fingerprint density at radius 1 is 1.00 bits per heavy atom. The summed E-state index contributed by atoms with van der Waals surface area (Å²) in [6, 6.07) is 12.9. The highest BCUT2D eigenvalue weighted by atomic mass is 32.2. The monoisotopic (exact) mass is 605 g/mol. The molecule has 2 aromatic carbocycles. The number of sulfone groups is 1. The molecular weight excluding hydrogens is 562 g/mol. The number of aromatic amines is 1. The Labute approximate surface area is 254 Å². The molecule has 2 N–H and O–H groups in total. The number of H-pyrrole nitrogens is 1. The number of hydrogen-bond donors (Lipinski definition) is 2. The van der Waals surface area contributed by atoms with Gasteiger partial charge in [-0.2, -0.15) is 0 Å².